The first-order valence-corrected chi connectivity index (χ1v) is 11.2. The number of benzene rings is 2. The molecule has 0 saturated carbocycles. The van der Waals surface area contributed by atoms with E-state index in [0.717, 1.165) is 10.8 Å². The topological polar surface area (TPSA) is 109 Å². The van der Waals surface area contributed by atoms with Gasteiger partial charge in [0.15, 0.2) is 0 Å². The molecule has 0 spiro atoms. The van der Waals surface area contributed by atoms with E-state index >= 15 is 0 Å². The number of sulfonamides is 1. The third kappa shape index (κ3) is 3.20. The lowest BCUT2D eigenvalue weighted by atomic mass is 10.0. The summed E-state index contributed by atoms with van der Waals surface area (Å²) in [5, 5.41) is 1.94. The summed E-state index contributed by atoms with van der Waals surface area (Å²) in [5.74, 6) is 0.423. The number of anilines is 1. The van der Waals surface area contributed by atoms with Crippen LogP contribution in [0.4, 0.5) is 5.95 Å². The number of primary amides is 1. The minimum atomic E-state index is -3.54. The van der Waals surface area contributed by atoms with E-state index in [-0.39, 0.29) is 17.4 Å². The first-order chi connectivity index (χ1) is 14.4. The average Bonchev–Trinajstić information content (AvgIpc) is 3.33. The summed E-state index contributed by atoms with van der Waals surface area (Å²) in [7, 11) is -3.54. The molecule has 1 amide bonds. The number of hydrogen-bond acceptors (Lipinski definition) is 6. The van der Waals surface area contributed by atoms with Crippen LogP contribution in [-0.4, -0.2) is 54.8 Å². The van der Waals surface area contributed by atoms with Crippen molar-refractivity contribution in [1.29, 1.82) is 0 Å². The fraction of sp³-hybridized carbons (Fsp3) is 0.286. The summed E-state index contributed by atoms with van der Waals surface area (Å²) in [6, 6.07) is 13.0. The summed E-state index contributed by atoms with van der Waals surface area (Å²) in [6.07, 6.45) is 2.85. The molecule has 2 N–H and O–H groups in total. The van der Waals surface area contributed by atoms with E-state index in [1.54, 1.807) is 16.4 Å². The van der Waals surface area contributed by atoms with Crippen molar-refractivity contribution in [2.24, 2.45) is 17.6 Å². The Labute approximate surface area is 174 Å². The second-order valence-corrected chi connectivity index (χ2v) is 9.83. The monoisotopic (exact) mass is 423 g/mol. The lowest BCUT2D eigenvalue weighted by molar-refractivity contribution is 0.0999. The molecule has 8 nitrogen and oxygen atoms in total. The largest absolute Gasteiger partial charge is 0.366 e. The number of carbonyl (C=O) groups excluding carboxylic acids is 1. The lowest BCUT2D eigenvalue weighted by Gasteiger charge is -2.21. The molecular weight excluding hydrogens is 402 g/mol. The fourth-order valence-corrected chi connectivity index (χ4v) is 5.99. The Balaban J connectivity index is 1.31. The highest BCUT2D eigenvalue weighted by Crippen LogP contribution is 2.35. The second-order valence-electron chi connectivity index (χ2n) is 7.89. The molecule has 2 unspecified atom stereocenters. The molecule has 30 heavy (non-hydrogen) atoms. The summed E-state index contributed by atoms with van der Waals surface area (Å²) >= 11 is 0. The molecule has 0 aliphatic carbocycles. The number of rotatable bonds is 4. The van der Waals surface area contributed by atoms with E-state index in [1.165, 1.54) is 12.4 Å². The standard InChI is InChI=1S/C21H21N5O3S/c22-20(27)16-8-23-21(24-9-16)25-10-17-12-26(13-18(17)11-25)30(28,29)19-6-5-14-3-1-2-4-15(14)7-19/h1-9,17-18H,10-13H2,(H2,22,27). The Hall–Kier alpha value is -3.04. The van der Waals surface area contributed by atoms with Gasteiger partial charge in [0.2, 0.25) is 16.0 Å². The molecule has 2 aromatic carbocycles. The van der Waals surface area contributed by atoms with Crippen LogP contribution >= 0.6 is 0 Å². The van der Waals surface area contributed by atoms with Gasteiger partial charge in [0.1, 0.15) is 0 Å². The molecule has 0 radical (unpaired) electrons. The van der Waals surface area contributed by atoms with E-state index in [9.17, 15) is 13.2 Å². The third-order valence-corrected chi connectivity index (χ3v) is 7.84. The van der Waals surface area contributed by atoms with Gasteiger partial charge in [0.25, 0.3) is 5.91 Å². The molecule has 3 heterocycles. The molecule has 2 fully saturated rings. The van der Waals surface area contributed by atoms with Crippen LogP contribution in [-0.2, 0) is 10.0 Å². The molecule has 154 valence electrons. The van der Waals surface area contributed by atoms with Crippen molar-refractivity contribution in [3.63, 3.8) is 0 Å². The van der Waals surface area contributed by atoms with E-state index in [4.69, 9.17) is 5.73 Å². The molecule has 9 heteroatoms. The summed E-state index contributed by atoms with van der Waals surface area (Å²) in [5.41, 5.74) is 5.50. The van der Waals surface area contributed by atoms with Gasteiger partial charge in [-0.1, -0.05) is 30.3 Å². The molecule has 0 bridgehead atoms. The van der Waals surface area contributed by atoms with Crippen molar-refractivity contribution in [2.75, 3.05) is 31.1 Å². The Morgan fingerprint density at radius 2 is 1.57 bits per heavy atom. The van der Waals surface area contributed by atoms with Crippen LogP contribution in [0.2, 0.25) is 0 Å². The predicted molar refractivity (Wildman–Crippen MR) is 112 cm³/mol. The van der Waals surface area contributed by atoms with Crippen molar-refractivity contribution in [3.8, 4) is 0 Å². The first-order valence-electron chi connectivity index (χ1n) is 9.77. The molecule has 2 atom stereocenters. The number of carbonyl (C=O) groups is 1. The Morgan fingerprint density at radius 3 is 2.20 bits per heavy atom. The molecular formula is C21H21N5O3S. The van der Waals surface area contributed by atoms with Crippen molar-refractivity contribution in [3.05, 3.63) is 60.4 Å². The Kier molecular flexibility index (Phi) is 4.44. The zero-order valence-corrected chi connectivity index (χ0v) is 17.0. The van der Waals surface area contributed by atoms with Gasteiger partial charge in [-0.15, -0.1) is 0 Å². The fourth-order valence-electron chi connectivity index (χ4n) is 4.40. The summed E-state index contributed by atoms with van der Waals surface area (Å²) < 4.78 is 28.0. The number of amides is 1. The SMILES string of the molecule is NC(=O)c1cnc(N2CC3CN(S(=O)(=O)c4ccc5ccccc5c4)CC3C2)nc1. The van der Waals surface area contributed by atoms with E-state index < -0.39 is 15.9 Å². The normalized spacial score (nSPS) is 21.8. The van der Waals surface area contributed by atoms with Gasteiger partial charge < -0.3 is 10.6 Å². The van der Waals surface area contributed by atoms with Gasteiger partial charge in [-0.3, -0.25) is 4.79 Å². The zero-order valence-electron chi connectivity index (χ0n) is 16.2. The molecule has 2 aliphatic heterocycles. The van der Waals surface area contributed by atoms with Gasteiger partial charge in [-0.25, -0.2) is 18.4 Å². The zero-order chi connectivity index (χ0) is 20.9. The van der Waals surface area contributed by atoms with Crippen LogP contribution < -0.4 is 10.6 Å². The highest BCUT2D eigenvalue weighted by Gasteiger charge is 2.44. The minimum absolute atomic E-state index is 0.222. The quantitative estimate of drug-likeness (QED) is 0.681. The number of hydrogen-bond donors (Lipinski definition) is 1. The first kappa shape index (κ1) is 19.0. The summed E-state index contributed by atoms with van der Waals surface area (Å²) in [6.45, 7) is 2.33. The lowest BCUT2D eigenvalue weighted by Crippen LogP contribution is -2.33. The smallest absolute Gasteiger partial charge is 0.251 e. The van der Waals surface area contributed by atoms with Gasteiger partial charge in [0.05, 0.1) is 10.5 Å². The van der Waals surface area contributed by atoms with Gasteiger partial charge >= 0.3 is 0 Å². The van der Waals surface area contributed by atoms with Crippen molar-refractivity contribution >= 4 is 32.7 Å². The summed E-state index contributed by atoms with van der Waals surface area (Å²) in [4.78, 5) is 22.0. The van der Waals surface area contributed by atoms with Crippen LogP contribution in [0.15, 0.2) is 59.8 Å². The average molecular weight is 423 g/mol. The Morgan fingerprint density at radius 1 is 0.933 bits per heavy atom. The number of nitrogens with zero attached hydrogens (tertiary/aromatic N) is 4. The van der Waals surface area contributed by atoms with Crippen molar-refractivity contribution in [1.82, 2.24) is 14.3 Å². The number of fused-ring (bicyclic) bond motifs is 2. The van der Waals surface area contributed by atoms with E-state index in [2.05, 4.69) is 9.97 Å². The van der Waals surface area contributed by atoms with Crippen molar-refractivity contribution in [2.45, 2.75) is 4.90 Å². The van der Waals surface area contributed by atoms with Crippen LogP contribution in [0, 0.1) is 11.8 Å². The Bertz CT molecular complexity index is 1210. The highest BCUT2D eigenvalue weighted by molar-refractivity contribution is 7.89. The maximum atomic E-state index is 13.2. The van der Waals surface area contributed by atoms with Crippen LogP contribution in [0.3, 0.4) is 0 Å². The van der Waals surface area contributed by atoms with Gasteiger partial charge in [-0.05, 0) is 34.7 Å². The molecule has 2 aliphatic rings. The maximum Gasteiger partial charge on any atom is 0.251 e. The molecule has 3 aromatic rings. The van der Waals surface area contributed by atoms with Crippen LogP contribution in [0.5, 0.6) is 0 Å². The van der Waals surface area contributed by atoms with E-state index in [0.29, 0.717) is 37.0 Å². The maximum absolute atomic E-state index is 13.2. The van der Waals surface area contributed by atoms with Crippen LogP contribution in [0.25, 0.3) is 10.8 Å². The molecule has 2 saturated heterocycles. The number of nitrogens with two attached hydrogens (primary N) is 1. The second kappa shape index (κ2) is 7.03. The number of aromatic nitrogens is 2. The molecule has 5 rings (SSSR count). The minimum Gasteiger partial charge on any atom is -0.366 e. The van der Waals surface area contributed by atoms with Crippen LogP contribution in [0.1, 0.15) is 10.4 Å². The van der Waals surface area contributed by atoms with Crippen molar-refractivity contribution < 1.29 is 13.2 Å². The van der Waals surface area contributed by atoms with Gasteiger partial charge in [-0.2, -0.15) is 4.31 Å². The van der Waals surface area contributed by atoms with Gasteiger partial charge in [0, 0.05) is 38.6 Å². The molecule has 1 aromatic heterocycles. The van der Waals surface area contributed by atoms with E-state index in [1.807, 2.05) is 35.2 Å². The third-order valence-electron chi connectivity index (χ3n) is 6.02. The highest BCUT2D eigenvalue weighted by atomic mass is 32.2. The predicted octanol–water partition coefficient (Wildman–Crippen LogP) is 1.49.